The highest BCUT2D eigenvalue weighted by atomic mass is 32.1. The Hall–Kier alpha value is -2.16. The molecule has 1 saturated carbocycles. The molecule has 8 heteroatoms. The van der Waals surface area contributed by atoms with Crippen molar-refractivity contribution < 1.29 is 9.59 Å². The molecule has 1 amide bonds. The van der Waals surface area contributed by atoms with Gasteiger partial charge in [-0.25, -0.2) is 4.98 Å². The number of thiazole rings is 1. The first kappa shape index (κ1) is 23.3. The topological polar surface area (TPSA) is 84.0 Å². The molecule has 3 aromatic rings. The SMILES string of the molecule is O=C(CCCC1CCC2(CCC(=O)N2)CC1)Cc1sc2c(c1-c1nc3cnccc3s1)CCNC2. The number of Topliss-reactive ketones (excluding diaryl/α,β-unsaturated/α-hetero) is 1. The number of ketones is 1. The lowest BCUT2D eigenvalue weighted by molar-refractivity contribution is -0.120. The second-order valence-electron chi connectivity index (χ2n) is 10.5. The molecular formula is C27H32N4O2S2. The fraction of sp³-hybridized carbons (Fsp3) is 0.556. The normalized spacial score (nSPS) is 24.1. The van der Waals surface area contributed by atoms with Crippen molar-refractivity contribution >= 4 is 44.6 Å². The predicted molar refractivity (Wildman–Crippen MR) is 141 cm³/mol. The van der Waals surface area contributed by atoms with E-state index in [0.29, 0.717) is 31.0 Å². The van der Waals surface area contributed by atoms with Gasteiger partial charge in [0, 0.05) is 52.9 Å². The number of nitrogens with one attached hydrogen (secondary N) is 2. The van der Waals surface area contributed by atoms with Crippen molar-refractivity contribution in [3.63, 3.8) is 0 Å². The van der Waals surface area contributed by atoms with E-state index in [0.717, 1.165) is 66.8 Å². The van der Waals surface area contributed by atoms with Gasteiger partial charge in [-0.2, -0.15) is 0 Å². The van der Waals surface area contributed by atoms with E-state index in [4.69, 9.17) is 4.98 Å². The van der Waals surface area contributed by atoms with Crippen LogP contribution in [0.5, 0.6) is 0 Å². The van der Waals surface area contributed by atoms with E-state index in [2.05, 4.69) is 15.6 Å². The molecule has 1 spiro atoms. The minimum atomic E-state index is 0.0869. The highest BCUT2D eigenvalue weighted by Gasteiger charge is 2.40. The monoisotopic (exact) mass is 508 g/mol. The predicted octanol–water partition coefficient (Wildman–Crippen LogP) is 5.19. The molecule has 35 heavy (non-hydrogen) atoms. The summed E-state index contributed by atoms with van der Waals surface area (Å²) < 4.78 is 1.15. The Morgan fingerprint density at radius 3 is 2.86 bits per heavy atom. The molecule has 0 atom stereocenters. The van der Waals surface area contributed by atoms with Crippen LogP contribution in [-0.4, -0.2) is 33.7 Å². The zero-order valence-electron chi connectivity index (χ0n) is 20.0. The molecule has 2 N–H and O–H groups in total. The van der Waals surface area contributed by atoms with Crippen LogP contribution in [-0.2, 0) is 29.0 Å². The zero-order valence-corrected chi connectivity index (χ0v) is 21.7. The molecule has 3 aromatic heterocycles. The first-order chi connectivity index (χ1) is 17.1. The van der Waals surface area contributed by atoms with Crippen LogP contribution >= 0.6 is 22.7 Å². The Morgan fingerprint density at radius 2 is 2.06 bits per heavy atom. The van der Waals surface area contributed by atoms with Gasteiger partial charge in [-0.3, -0.25) is 14.6 Å². The number of thiophene rings is 1. The van der Waals surface area contributed by atoms with Gasteiger partial charge in [0.1, 0.15) is 16.3 Å². The molecule has 0 bridgehead atoms. The molecule has 0 unspecified atom stereocenters. The zero-order chi connectivity index (χ0) is 23.8. The summed E-state index contributed by atoms with van der Waals surface area (Å²) in [5.74, 6) is 1.26. The van der Waals surface area contributed by atoms with Crippen molar-refractivity contribution in [3.8, 4) is 10.6 Å². The summed E-state index contributed by atoms with van der Waals surface area (Å²) in [5.41, 5.74) is 3.63. The van der Waals surface area contributed by atoms with E-state index >= 15 is 0 Å². The number of carbonyl (C=O) groups excluding carboxylic acids is 2. The fourth-order valence-electron chi connectivity index (χ4n) is 6.17. The number of amides is 1. The van der Waals surface area contributed by atoms with Gasteiger partial charge in [0.2, 0.25) is 5.91 Å². The smallest absolute Gasteiger partial charge is 0.220 e. The molecule has 0 aromatic carbocycles. The summed E-state index contributed by atoms with van der Waals surface area (Å²) in [6.07, 6.45) is 14.2. The molecule has 1 saturated heterocycles. The van der Waals surface area contributed by atoms with Crippen molar-refractivity contribution in [2.45, 2.75) is 82.7 Å². The average Bonchev–Trinajstić information content (AvgIpc) is 3.55. The van der Waals surface area contributed by atoms with Crippen molar-refractivity contribution in [2.75, 3.05) is 6.54 Å². The third-order valence-corrected chi connectivity index (χ3v) is 10.4. The largest absolute Gasteiger partial charge is 0.351 e. The van der Waals surface area contributed by atoms with E-state index in [-0.39, 0.29) is 11.4 Å². The number of rotatable bonds is 7. The van der Waals surface area contributed by atoms with Crippen LogP contribution in [0.1, 0.15) is 73.1 Å². The molecule has 5 heterocycles. The van der Waals surface area contributed by atoms with Crippen LogP contribution in [0, 0.1) is 5.92 Å². The Balaban J connectivity index is 1.09. The molecular weight excluding hydrogens is 476 g/mol. The van der Waals surface area contributed by atoms with Gasteiger partial charge in [-0.15, -0.1) is 22.7 Å². The van der Waals surface area contributed by atoms with Gasteiger partial charge in [0.05, 0.1) is 10.9 Å². The maximum Gasteiger partial charge on any atom is 0.220 e. The van der Waals surface area contributed by atoms with Crippen molar-refractivity contribution in [1.29, 1.82) is 0 Å². The quantitative estimate of drug-likeness (QED) is 0.459. The van der Waals surface area contributed by atoms with Crippen molar-refractivity contribution in [1.82, 2.24) is 20.6 Å². The van der Waals surface area contributed by atoms with Crippen LogP contribution in [0.25, 0.3) is 20.8 Å². The van der Waals surface area contributed by atoms with E-state index < -0.39 is 0 Å². The molecule has 184 valence electrons. The maximum atomic E-state index is 13.1. The summed E-state index contributed by atoms with van der Waals surface area (Å²) in [6.45, 7) is 1.86. The van der Waals surface area contributed by atoms with E-state index in [1.165, 1.54) is 33.7 Å². The standard InChI is InChI=1S/C27H32N4O2S2/c32-18(3-1-2-17-4-9-27(10-5-17)11-6-24(33)31-27)14-22-25(19-7-12-29-16-23(19)34-22)26-30-20-15-28-13-8-21(20)35-26/h8,13,15,17,29H,1-7,9-12,14,16H2,(H,31,33). The number of fused-ring (bicyclic) bond motifs is 2. The maximum absolute atomic E-state index is 13.1. The third-order valence-electron chi connectivity index (χ3n) is 8.13. The van der Waals surface area contributed by atoms with Crippen LogP contribution in [0.4, 0.5) is 0 Å². The third kappa shape index (κ3) is 4.80. The lowest BCUT2D eigenvalue weighted by Crippen LogP contribution is -2.44. The molecule has 2 aliphatic heterocycles. The van der Waals surface area contributed by atoms with Gasteiger partial charge >= 0.3 is 0 Å². The van der Waals surface area contributed by atoms with Crippen LogP contribution in [0.2, 0.25) is 0 Å². The first-order valence-electron chi connectivity index (χ1n) is 13.0. The van der Waals surface area contributed by atoms with E-state index in [1.807, 2.05) is 18.5 Å². The molecule has 3 aliphatic rings. The number of hydrogen-bond donors (Lipinski definition) is 2. The lowest BCUT2D eigenvalue weighted by Gasteiger charge is -2.37. The summed E-state index contributed by atoms with van der Waals surface area (Å²) in [5, 5.41) is 7.75. The molecule has 6 nitrogen and oxygen atoms in total. The number of aromatic nitrogens is 2. The van der Waals surface area contributed by atoms with Gasteiger partial charge in [-0.05, 0) is 69.0 Å². The summed E-state index contributed by atoms with van der Waals surface area (Å²) in [6, 6.07) is 2.02. The second-order valence-corrected chi connectivity index (χ2v) is 12.7. The summed E-state index contributed by atoms with van der Waals surface area (Å²) in [4.78, 5) is 36.4. The molecule has 6 rings (SSSR count). The van der Waals surface area contributed by atoms with Gasteiger partial charge in [0.25, 0.3) is 0 Å². The Kier molecular flexibility index (Phi) is 6.45. The second kappa shape index (κ2) is 9.71. The van der Waals surface area contributed by atoms with E-state index in [9.17, 15) is 9.59 Å². The van der Waals surface area contributed by atoms with Gasteiger partial charge in [0.15, 0.2) is 0 Å². The Morgan fingerprint density at radius 1 is 1.17 bits per heavy atom. The summed E-state index contributed by atoms with van der Waals surface area (Å²) in [7, 11) is 0. The van der Waals surface area contributed by atoms with Gasteiger partial charge in [-0.1, -0.05) is 6.42 Å². The van der Waals surface area contributed by atoms with Crippen LogP contribution in [0.15, 0.2) is 18.5 Å². The minimum Gasteiger partial charge on any atom is -0.351 e. The number of carbonyl (C=O) groups is 2. The number of hydrogen-bond acceptors (Lipinski definition) is 7. The molecule has 1 aliphatic carbocycles. The van der Waals surface area contributed by atoms with Crippen molar-refractivity contribution in [3.05, 3.63) is 33.8 Å². The highest BCUT2D eigenvalue weighted by molar-refractivity contribution is 7.22. The number of pyridine rings is 1. The van der Waals surface area contributed by atoms with Crippen molar-refractivity contribution in [2.24, 2.45) is 5.92 Å². The Bertz CT molecular complexity index is 1220. The number of nitrogens with zero attached hydrogens (tertiary/aromatic N) is 2. The van der Waals surface area contributed by atoms with Crippen LogP contribution in [0.3, 0.4) is 0 Å². The lowest BCUT2D eigenvalue weighted by atomic mass is 9.74. The van der Waals surface area contributed by atoms with E-state index in [1.54, 1.807) is 22.7 Å². The highest BCUT2D eigenvalue weighted by Crippen LogP contribution is 2.42. The Labute approximate surface area is 213 Å². The van der Waals surface area contributed by atoms with Gasteiger partial charge < -0.3 is 10.6 Å². The minimum absolute atomic E-state index is 0.0869. The molecule has 2 fully saturated rings. The summed E-state index contributed by atoms with van der Waals surface area (Å²) >= 11 is 3.51. The average molecular weight is 509 g/mol. The first-order valence-corrected chi connectivity index (χ1v) is 14.6. The fourth-order valence-corrected chi connectivity index (χ4v) is 8.63. The molecule has 0 radical (unpaired) electrons. The van der Waals surface area contributed by atoms with Crippen LogP contribution < -0.4 is 10.6 Å².